The first-order valence-corrected chi connectivity index (χ1v) is 9.36. The third-order valence-electron chi connectivity index (χ3n) is 4.72. The maximum atomic E-state index is 12.4. The molecule has 0 saturated carbocycles. The van der Waals surface area contributed by atoms with Crippen molar-refractivity contribution >= 4 is 17.4 Å². The second-order valence-corrected chi connectivity index (χ2v) is 6.65. The van der Waals surface area contributed by atoms with Crippen molar-refractivity contribution in [2.45, 2.75) is 6.42 Å². The van der Waals surface area contributed by atoms with Gasteiger partial charge in [-0.2, -0.15) is 0 Å². The fourth-order valence-electron chi connectivity index (χ4n) is 3.26. The quantitative estimate of drug-likeness (QED) is 0.608. The molecule has 1 fully saturated rings. The number of fused-ring (bicyclic) bond motifs is 1. The number of carbonyl (C=O) groups excluding carboxylic acids is 1. The summed E-state index contributed by atoms with van der Waals surface area (Å²) in [5, 5.41) is 7.22. The molecule has 1 amide bonds. The van der Waals surface area contributed by atoms with Crippen molar-refractivity contribution in [2.24, 2.45) is 0 Å². The maximum absolute atomic E-state index is 12.4. The zero-order valence-electron chi connectivity index (χ0n) is 15.5. The molecule has 9 heteroatoms. The van der Waals surface area contributed by atoms with E-state index in [0.717, 1.165) is 39.3 Å². The SMILES string of the molecule is Nc1nn2cc(C(=O)NCCCN3CCOCC3)cnc2c1-c1ccccn1. The van der Waals surface area contributed by atoms with Gasteiger partial charge < -0.3 is 15.8 Å². The molecule has 0 bridgehead atoms. The molecule has 28 heavy (non-hydrogen) atoms. The fourth-order valence-corrected chi connectivity index (χ4v) is 3.26. The highest BCUT2D eigenvalue weighted by Crippen LogP contribution is 2.27. The molecule has 9 nitrogen and oxygen atoms in total. The minimum atomic E-state index is -0.176. The van der Waals surface area contributed by atoms with Crippen LogP contribution >= 0.6 is 0 Å². The molecule has 0 spiro atoms. The van der Waals surface area contributed by atoms with Gasteiger partial charge in [-0.25, -0.2) is 9.50 Å². The number of nitrogens with two attached hydrogens (primary N) is 1. The molecule has 4 rings (SSSR count). The van der Waals surface area contributed by atoms with Crippen LogP contribution in [0.2, 0.25) is 0 Å². The fraction of sp³-hybridized carbons (Fsp3) is 0.368. The van der Waals surface area contributed by atoms with E-state index in [1.54, 1.807) is 18.6 Å². The van der Waals surface area contributed by atoms with Crippen LogP contribution in [0.15, 0.2) is 36.8 Å². The predicted molar refractivity (Wildman–Crippen MR) is 105 cm³/mol. The highest BCUT2D eigenvalue weighted by atomic mass is 16.5. The van der Waals surface area contributed by atoms with Crippen molar-refractivity contribution in [1.29, 1.82) is 0 Å². The third-order valence-corrected chi connectivity index (χ3v) is 4.72. The normalized spacial score (nSPS) is 15.0. The maximum Gasteiger partial charge on any atom is 0.254 e. The summed E-state index contributed by atoms with van der Waals surface area (Å²) in [6.07, 6.45) is 5.76. The standard InChI is InChI=1S/C19H23N7O2/c20-17-16(15-4-1-2-5-21-15)18-23-12-14(13-26(18)24-17)19(27)22-6-3-7-25-8-10-28-11-9-25/h1-2,4-5,12-13H,3,6-11H2,(H2,20,24)(H,22,27). The number of carbonyl (C=O) groups is 1. The van der Waals surface area contributed by atoms with E-state index in [0.29, 0.717) is 34.8 Å². The third kappa shape index (κ3) is 3.95. The monoisotopic (exact) mass is 381 g/mol. The Kier molecular flexibility index (Phi) is 5.45. The number of amides is 1. The summed E-state index contributed by atoms with van der Waals surface area (Å²) in [6.45, 7) is 5.03. The van der Waals surface area contributed by atoms with E-state index in [2.05, 4.69) is 25.3 Å². The molecule has 1 aliphatic heterocycles. The van der Waals surface area contributed by atoms with E-state index in [-0.39, 0.29) is 5.91 Å². The largest absolute Gasteiger partial charge is 0.382 e. The van der Waals surface area contributed by atoms with Gasteiger partial charge in [0.05, 0.1) is 30.0 Å². The number of nitrogens with zero attached hydrogens (tertiary/aromatic N) is 5. The van der Waals surface area contributed by atoms with Gasteiger partial charge in [0.25, 0.3) is 5.91 Å². The second kappa shape index (κ2) is 8.32. The van der Waals surface area contributed by atoms with Crippen LogP contribution in [0.1, 0.15) is 16.8 Å². The Morgan fingerprint density at radius 1 is 1.25 bits per heavy atom. The molecule has 0 atom stereocenters. The van der Waals surface area contributed by atoms with Crippen molar-refractivity contribution < 1.29 is 9.53 Å². The minimum Gasteiger partial charge on any atom is -0.382 e. The van der Waals surface area contributed by atoms with Gasteiger partial charge in [0.15, 0.2) is 11.5 Å². The van der Waals surface area contributed by atoms with E-state index in [4.69, 9.17) is 10.5 Å². The number of ether oxygens (including phenoxy) is 1. The number of aromatic nitrogens is 4. The topological polar surface area (TPSA) is 111 Å². The summed E-state index contributed by atoms with van der Waals surface area (Å²) in [7, 11) is 0. The first kappa shape index (κ1) is 18.3. The van der Waals surface area contributed by atoms with Crippen molar-refractivity contribution in [3.8, 4) is 11.3 Å². The summed E-state index contributed by atoms with van der Waals surface area (Å²) in [4.78, 5) is 23.5. The molecule has 0 aliphatic carbocycles. The van der Waals surface area contributed by atoms with Crippen LogP contribution in [0.4, 0.5) is 5.82 Å². The van der Waals surface area contributed by atoms with Gasteiger partial charge in [0, 0.05) is 38.2 Å². The summed E-state index contributed by atoms with van der Waals surface area (Å²) >= 11 is 0. The number of nitrogens with one attached hydrogen (secondary N) is 1. The second-order valence-electron chi connectivity index (χ2n) is 6.65. The van der Waals surface area contributed by atoms with Crippen molar-refractivity contribution in [3.05, 3.63) is 42.4 Å². The number of anilines is 1. The van der Waals surface area contributed by atoms with E-state index < -0.39 is 0 Å². The van der Waals surface area contributed by atoms with Crippen LogP contribution in [-0.4, -0.2) is 69.8 Å². The Labute approximate surface area is 162 Å². The lowest BCUT2D eigenvalue weighted by atomic mass is 10.2. The Morgan fingerprint density at radius 3 is 2.89 bits per heavy atom. The Morgan fingerprint density at radius 2 is 2.11 bits per heavy atom. The Bertz CT molecular complexity index is 952. The lowest BCUT2D eigenvalue weighted by molar-refractivity contribution is 0.0374. The zero-order valence-corrected chi connectivity index (χ0v) is 15.5. The summed E-state index contributed by atoms with van der Waals surface area (Å²) < 4.78 is 6.87. The lowest BCUT2D eigenvalue weighted by Crippen LogP contribution is -2.38. The van der Waals surface area contributed by atoms with Crippen LogP contribution in [0.3, 0.4) is 0 Å². The van der Waals surface area contributed by atoms with E-state index >= 15 is 0 Å². The smallest absolute Gasteiger partial charge is 0.254 e. The van der Waals surface area contributed by atoms with Gasteiger partial charge in [-0.3, -0.25) is 14.7 Å². The first-order chi connectivity index (χ1) is 13.7. The number of nitrogen functional groups attached to an aromatic ring is 1. The number of pyridine rings is 1. The average Bonchev–Trinajstić information content (AvgIpc) is 3.07. The summed E-state index contributed by atoms with van der Waals surface area (Å²) in [5.41, 5.74) is 8.42. The van der Waals surface area contributed by atoms with Gasteiger partial charge in [-0.15, -0.1) is 5.10 Å². The highest BCUT2D eigenvalue weighted by Gasteiger charge is 2.16. The predicted octanol–water partition coefficient (Wildman–Crippen LogP) is 0.826. The van der Waals surface area contributed by atoms with Gasteiger partial charge in [0.2, 0.25) is 0 Å². The zero-order chi connectivity index (χ0) is 19.3. The molecule has 1 aliphatic rings. The van der Waals surface area contributed by atoms with Crippen LogP contribution in [0.5, 0.6) is 0 Å². The van der Waals surface area contributed by atoms with Crippen molar-refractivity contribution in [1.82, 2.24) is 29.8 Å². The summed E-state index contributed by atoms with van der Waals surface area (Å²) in [6, 6.07) is 5.56. The van der Waals surface area contributed by atoms with Crippen LogP contribution < -0.4 is 11.1 Å². The van der Waals surface area contributed by atoms with E-state index in [1.807, 2.05) is 18.2 Å². The Balaban J connectivity index is 1.41. The van der Waals surface area contributed by atoms with Crippen LogP contribution in [0.25, 0.3) is 16.9 Å². The summed E-state index contributed by atoms with van der Waals surface area (Å²) in [5.74, 6) is 0.152. The van der Waals surface area contributed by atoms with Crippen LogP contribution in [-0.2, 0) is 4.74 Å². The molecule has 3 N–H and O–H groups in total. The number of rotatable bonds is 6. The van der Waals surface area contributed by atoms with E-state index in [9.17, 15) is 4.79 Å². The van der Waals surface area contributed by atoms with Gasteiger partial charge in [-0.05, 0) is 25.1 Å². The molecule has 0 aromatic carbocycles. The molecule has 1 saturated heterocycles. The molecule has 4 heterocycles. The van der Waals surface area contributed by atoms with Crippen LogP contribution in [0, 0.1) is 0 Å². The number of morpholine rings is 1. The average molecular weight is 381 g/mol. The molecule has 3 aromatic rings. The molecular weight excluding hydrogens is 358 g/mol. The minimum absolute atomic E-state index is 0.176. The van der Waals surface area contributed by atoms with Crippen molar-refractivity contribution in [2.75, 3.05) is 45.1 Å². The lowest BCUT2D eigenvalue weighted by Gasteiger charge is -2.26. The Hall–Kier alpha value is -3.04. The molecule has 3 aromatic heterocycles. The number of hydrogen-bond acceptors (Lipinski definition) is 7. The molecular formula is C19H23N7O2. The molecule has 0 radical (unpaired) electrons. The molecule has 146 valence electrons. The van der Waals surface area contributed by atoms with E-state index in [1.165, 1.54) is 4.52 Å². The highest BCUT2D eigenvalue weighted by molar-refractivity contribution is 5.94. The van der Waals surface area contributed by atoms with Crippen molar-refractivity contribution in [3.63, 3.8) is 0 Å². The molecule has 0 unspecified atom stereocenters. The number of hydrogen-bond donors (Lipinski definition) is 2. The first-order valence-electron chi connectivity index (χ1n) is 9.36. The van der Waals surface area contributed by atoms with Gasteiger partial charge in [-0.1, -0.05) is 6.07 Å². The van der Waals surface area contributed by atoms with Gasteiger partial charge in [0.1, 0.15) is 0 Å². The van der Waals surface area contributed by atoms with Gasteiger partial charge >= 0.3 is 0 Å².